The van der Waals surface area contributed by atoms with Gasteiger partial charge in [0.15, 0.2) is 0 Å². The Kier molecular flexibility index (Phi) is 14.1. The number of nitrogens with zero attached hydrogens (tertiary/aromatic N) is 1. The highest BCUT2D eigenvalue weighted by Crippen LogP contribution is 2.18. The standard InChI is InChI=1S/C13H27N3O2.2ClH/c1-3-11-6-4-5-8-16(11)9-7-15-13(17)12(14)10-18-2;;/h11-12H,3-10,14H2,1-2H3,(H,15,17);2*1H. The van der Waals surface area contributed by atoms with Crippen LogP contribution in [0.2, 0.25) is 0 Å². The maximum atomic E-state index is 11.6. The summed E-state index contributed by atoms with van der Waals surface area (Å²) < 4.78 is 4.86. The number of ether oxygens (including phenoxy) is 1. The predicted octanol–water partition coefficient (Wildman–Crippen LogP) is 1.18. The minimum atomic E-state index is -0.557. The molecular formula is C13H29Cl2N3O2. The van der Waals surface area contributed by atoms with Gasteiger partial charge in [0.05, 0.1) is 6.61 Å². The van der Waals surface area contributed by atoms with Crippen molar-refractivity contribution < 1.29 is 9.53 Å². The van der Waals surface area contributed by atoms with Gasteiger partial charge in [-0.05, 0) is 25.8 Å². The smallest absolute Gasteiger partial charge is 0.239 e. The molecule has 0 aliphatic carbocycles. The number of rotatable bonds is 7. The van der Waals surface area contributed by atoms with Gasteiger partial charge >= 0.3 is 0 Å². The molecule has 1 heterocycles. The van der Waals surface area contributed by atoms with Crippen LogP contribution in [0.4, 0.5) is 0 Å². The monoisotopic (exact) mass is 329 g/mol. The normalized spacial score (nSPS) is 20.4. The van der Waals surface area contributed by atoms with Gasteiger partial charge in [-0.25, -0.2) is 0 Å². The quantitative estimate of drug-likeness (QED) is 0.736. The van der Waals surface area contributed by atoms with E-state index in [4.69, 9.17) is 10.5 Å². The molecular weight excluding hydrogens is 301 g/mol. The first-order valence-corrected chi connectivity index (χ1v) is 6.95. The minimum absolute atomic E-state index is 0. The second-order valence-electron chi connectivity index (χ2n) is 4.95. The van der Waals surface area contributed by atoms with E-state index in [1.165, 1.54) is 25.7 Å². The number of piperidine rings is 1. The average molecular weight is 330 g/mol. The van der Waals surface area contributed by atoms with Crippen molar-refractivity contribution in [2.75, 3.05) is 33.4 Å². The van der Waals surface area contributed by atoms with Crippen LogP contribution in [0.3, 0.4) is 0 Å². The lowest BCUT2D eigenvalue weighted by molar-refractivity contribution is -0.123. The number of amides is 1. The summed E-state index contributed by atoms with van der Waals surface area (Å²) in [6.45, 7) is 5.25. The van der Waals surface area contributed by atoms with E-state index in [0.717, 1.165) is 13.1 Å². The minimum Gasteiger partial charge on any atom is -0.383 e. The molecule has 1 fully saturated rings. The molecule has 20 heavy (non-hydrogen) atoms. The molecule has 3 N–H and O–H groups in total. The summed E-state index contributed by atoms with van der Waals surface area (Å²) in [7, 11) is 1.55. The third kappa shape index (κ3) is 7.64. The van der Waals surface area contributed by atoms with E-state index in [2.05, 4.69) is 17.1 Å². The predicted molar refractivity (Wildman–Crippen MR) is 86.9 cm³/mol. The Morgan fingerprint density at radius 1 is 1.45 bits per heavy atom. The summed E-state index contributed by atoms with van der Waals surface area (Å²) in [5.74, 6) is -0.123. The van der Waals surface area contributed by atoms with Crippen molar-refractivity contribution in [2.24, 2.45) is 5.73 Å². The average Bonchev–Trinajstić information content (AvgIpc) is 2.39. The van der Waals surface area contributed by atoms with E-state index >= 15 is 0 Å². The van der Waals surface area contributed by atoms with Crippen molar-refractivity contribution in [1.82, 2.24) is 10.2 Å². The third-order valence-electron chi connectivity index (χ3n) is 3.60. The molecule has 1 rings (SSSR count). The van der Waals surface area contributed by atoms with Gasteiger partial charge in [-0.2, -0.15) is 0 Å². The highest BCUT2D eigenvalue weighted by Gasteiger charge is 2.20. The Bertz CT molecular complexity index is 258. The Balaban J connectivity index is 0. The second-order valence-corrected chi connectivity index (χ2v) is 4.95. The van der Waals surface area contributed by atoms with E-state index in [1.54, 1.807) is 7.11 Å². The van der Waals surface area contributed by atoms with Crippen LogP contribution in [0.15, 0.2) is 0 Å². The molecule has 122 valence electrons. The number of nitrogens with one attached hydrogen (secondary N) is 1. The van der Waals surface area contributed by atoms with Gasteiger partial charge in [-0.3, -0.25) is 9.69 Å². The maximum absolute atomic E-state index is 11.6. The van der Waals surface area contributed by atoms with Crippen LogP contribution in [-0.4, -0.2) is 56.2 Å². The van der Waals surface area contributed by atoms with Crippen LogP contribution in [0.1, 0.15) is 32.6 Å². The highest BCUT2D eigenvalue weighted by atomic mass is 35.5. The Hall–Kier alpha value is -0.0700. The van der Waals surface area contributed by atoms with E-state index < -0.39 is 6.04 Å². The van der Waals surface area contributed by atoms with Crippen LogP contribution >= 0.6 is 24.8 Å². The molecule has 1 amide bonds. The fourth-order valence-electron chi connectivity index (χ4n) is 2.53. The maximum Gasteiger partial charge on any atom is 0.239 e. The number of carbonyl (C=O) groups excluding carboxylic acids is 1. The molecule has 0 spiro atoms. The van der Waals surface area contributed by atoms with Gasteiger partial charge < -0.3 is 15.8 Å². The van der Waals surface area contributed by atoms with Gasteiger partial charge in [0, 0.05) is 26.2 Å². The van der Waals surface area contributed by atoms with Crippen LogP contribution in [0, 0.1) is 0 Å². The van der Waals surface area contributed by atoms with Crippen molar-refractivity contribution in [3.8, 4) is 0 Å². The number of nitrogens with two attached hydrogens (primary N) is 1. The fraction of sp³-hybridized carbons (Fsp3) is 0.923. The van der Waals surface area contributed by atoms with Crippen molar-refractivity contribution in [3.05, 3.63) is 0 Å². The molecule has 1 aliphatic heterocycles. The number of hydrogen-bond donors (Lipinski definition) is 2. The van der Waals surface area contributed by atoms with E-state index in [9.17, 15) is 4.79 Å². The number of likely N-dealkylation sites (tertiary alicyclic amines) is 1. The Labute approximate surface area is 134 Å². The zero-order valence-electron chi connectivity index (χ0n) is 12.5. The van der Waals surface area contributed by atoms with Gasteiger partial charge in [0.1, 0.15) is 6.04 Å². The molecule has 0 aromatic carbocycles. The summed E-state index contributed by atoms with van der Waals surface area (Å²) >= 11 is 0. The van der Waals surface area contributed by atoms with Crippen molar-refractivity contribution in [3.63, 3.8) is 0 Å². The van der Waals surface area contributed by atoms with E-state index in [-0.39, 0.29) is 37.3 Å². The number of methoxy groups -OCH3 is 1. The number of halogens is 2. The summed E-state index contributed by atoms with van der Waals surface area (Å²) in [5, 5.41) is 2.87. The molecule has 0 bridgehead atoms. The number of carbonyl (C=O) groups is 1. The summed E-state index contributed by atoms with van der Waals surface area (Å²) in [4.78, 5) is 14.1. The Morgan fingerprint density at radius 3 is 2.75 bits per heavy atom. The van der Waals surface area contributed by atoms with Crippen molar-refractivity contribution in [1.29, 1.82) is 0 Å². The molecule has 2 unspecified atom stereocenters. The molecule has 0 aromatic rings. The number of hydrogen-bond acceptors (Lipinski definition) is 4. The Morgan fingerprint density at radius 2 is 2.15 bits per heavy atom. The third-order valence-corrected chi connectivity index (χ3v) is 3.60. The second kappa shape index (κ2) is 12.7. The zero-order chi connectivity index (χ0) is 13.4. The summed E-state index contributed by atoms with van der Waals surface area (Å²) in [6.07, 6.45) is 5.08. The lowest BCUT2D eigenvalue weighted by Crippen LogP contribution is -2.48. The topological polar surface area (TPSA) is 67.6 Å². The lowest BCUT2D eigenvalue weighted by atomic mass is 10.0. The lowest BCUT2D eigenvalue weighted by Gasteiger charge is -2.35. The molecule has 7 heteroatoms. The van der Waals surface area contributed by atoms with Crippen molar-refractivity contribution >= 4 is 30.7 Å². The largest absolute Gasteiger partial charge is 0.383 e. The van der Waals surface area contributed by atoms with Crippen LogP contribution in [-0.2, 0) is 9.53 Å². The summed E-state index contributed by atoms with van der Waals surface area (Å²) in [6, 6.07) is 0.127. The molecule has 0 radical (unpaired) electrons. The molecule has 1 aliphatic rings. The van der Waals surface area contributed by atoms with E-state index in [0.29, 0.717) is 12.6 Å². The van der Waals surface area contributed by atoms with E-state index in [1.807, 2.05) is 0 Å². The van der Waals surface area contributed by atoms with Crippen LogP contribution < -0.4 is 11.1 Å². The first kappa shape index (κ1) is 22.2. The van der Waals surface area contributed by atoms with Crippen LogP contribution in [0.5, 0.6) is 0 Å². The van der Waals surface area contributed by atoms with Gasteiger partial charge in [0.2, 0.25) is 5.91 Å². The first-order chi connectivity index (χ1) is 8.69. The van der Waals surface area contributed by atoms with Gasteiger partial charge in [0.25, 0.3) is 0 Å². The fourth-order valence-corrected chi connectivity index (χ4v) is 2.53. The molecule has 0 saturated carbocycles. The van der Waals surface area contributed by atoms with Crippen LogP contribution in [0.25, 0.3) is 0 Å². The van der Waals surface area contributed by atoms with Gasteiger partial charge in [-0.1, -0.05) is 13.3 Å². The summed E-state index contributed by atoms with van der Waals surface area (Å²) in [5.41, 5.74) is 5.65. The van der Waals surface area contributed by atoms with Crippen molar-refractivity contribution in [2.45, 2.75) is 44.7 Å². The first-order valence-electron chi connectivity index (χ1n) is 6.95. The molecule has 2 atom stereocenters. The van der Waals surface area contributed by atoms with Gasteiger partial charge in [-0.15, -0.1) is 24.8 Å². The SMILES string of the molecule is CCC1CCCCN1CCNC(=O)C(N)COC.Cl.Cl. The molecule has 5 nitrogen and oxygen atoms in total. The molecule has 0 aromatic heterocycles. The molecule has 1 saturated heterocycles. The zero-order valence-corrected chi connectivity index (χ0v) is 14.1. The highest BCUT2D eigenvalue weighted by molar-refractivity contribution is 5.85.